The molecule has 0 radical (unpaired) electrons. The highest BCUT2D eigenvalue weighted by Crippen LogP contribution is 2.41. The number of hydrogen-bond donors (Lipinski definition) is 0. The van der Waals surface area contributed by atoms with Crippen LogP contribution in [0.3, 0.4) is 0 Å². The van der Waals surface area contributed by atoms with Gasteiger partial charge in [-0.2, -0.15) is 5.10 Å². The highest BCUT2D eigenvalue weighted by molar-refractivity contribution is 5.81. The van der Waals surface area contributed by atoms with Crippen LogP contribution in [0.1, 0.15) is 49.9 Å². The molecular formula is C17H21N5. The summed E-state index contributed by atoms with van der Waals surface area (Å²) < 4.78 is 4.06. The predicted octanol–water partition coefficient (Wildman–Crippen LogP) is 3.37. The Morgan fingerprint density at radius 1 is 1.23 bits per heavy atom. The highest BCUT2D eigenvalue weighted by Gasteiger charge is 2.28. The molecule has 1 fully saturated rings. The molecule has 0 spiro atoms. The Hall–Kier alpha value is -2.17. The van der Waals surface area contributed by atoms with Crippen LogP contribution in [-0.4, -0.2) is 24.3 Å². The maximum absolute atomic E-state index is 4.80. The Kier molecular flexibility index (Phi) is 2.86. The maximum Gasteiger partial charge on any atom is 0.181 e. The van der Waals surface area contributed by atoms with Gasteiger partial charge in [0.2, 0.25) is 0 Å². The second-order valence-electron chi connectivity index (χ2n) is 6.63. The van der Waals surface area contributed by atoms with Crippen LogP contribution >= 0.6 is 0 Å². The van der Waals surface area contributed by atoms with Gasteiger partial charge in [-0.05, 0) is 24.8 Å². The normalized spacial score (nSPS) is 15.1. The Balaban J connectivity index is 1.94. The second kappa shape index (κ2) is 4.66. The minimum absolute atomic E-state index is 0.336. The molecule has 0 unspecified atom stereocenters. The third-order valence-electron chi connectivity index (χ3n) is 4.45. The van der Waals surface area contributed by atoms with Crippen LogP contribution in [0.4, 0.5) is 0 Å². The summed E-state index contributed by atoms with van der Waals surface area (Å²) in [6, 6.07) is 2.18. The van der Waals surface area contributed by atoms with Crippen molar-refractivity contribution in [1.29, 1.82) is 0 Å². The van der Waals surface area contributed by atoms with Crippen LogP contribution in [0.15, 0.2) is 18.5 Å². The number of nitrogens with zero attached hydrogens (tertiary/aromatic N) is 5. The van der Waals surface area contributed by atoms with Crippen LogP contribution < -0.4 is 0 Å². The Morgan fingerprint density at radius 2 is 2.00 bits per heavy atom. The van der Waals surface area contributed by atoms with Gasteiger partial charge in [-0.25, -0.2) is 9.97 Å². The van der Waals surface area contributed by atoms with Gasteiger partial charge in [0, 0.05) is 49.1 Å². The smallest absolute Gasteiger partial charge is 0.181 e. The van der Waals surface area contributed by atoms with Gasteiger partial charge in [0.25, 0.3) is 0 Å². The maximum atomic E-state index is 4.80. The van der Waals surface area contributed by atoms with E-state index in [-0.39, 0.29) is 0 Å². The molecular weight excluding hydrogens is 274 g/mol. The predicted molar refractivity (Wildman–Crippen MR) is 86.8 cm³/mol. The van der Waals surface area contributed by atoms with Gasteiger partial charge in [0.05, 0.1) is 5.69 Å². The molecule has 0 N–H and O–H groups in total. The Labute approximate surface area is 130 Å². The van der Waals surface area contributed by atoms with Crippen LogP contribution in [0.25, 0.3) is 22.4 Å². The van der Waals surface area contributed by atoms with E-state index in [1.54, 1.807) is 0 Å². The minimum Gasteiger partial charge on any atom is -0.331 e. The summed E-state index contributed by atoms with van der Waals surface area (Å²) in [5, 5.41) is 5.50. The van der Waals surface area contributed by atoms with E-state index in [9.17, 15) is 0 Å². The third-order valence-corrected chi connectivity index (χ3v) is 4.45. The van der Waals surface area contributed by atoms with Crippen molar-refractivity contribution in [3.63, 3.8) is 0 Å². The van der Waals surface area contributed by atoms with E-state index in [0.717, 1.165) is 28.1 Å². The van der Waals surface area contributed by atoms with Crippen LogP contribution in [0, 0.1) is 0 Å². The fraction of sp³-hybridized carbons (Fsp3) is 0.471. The summed E-state index contributed by atoms with van der Waals surface area (Å²) in [6.45, 7) is 4.34. The van der Waals surface area contributed by atoms with E-state index >= 15 is 0 Å². The van der Waals surface area contributed by atoms with Gasteiger partial charge >= 0.3 is 0 Å². The van der Waals surface area contributed by atoms with Crippen molar-refractivity contribution >= 4 is 11.0 Å². The van der Waals surface area contributed by atoms with Gasteiger partial charge in [0.1, 0.15) is 5.82 Å². The lowest BCUT2D eigenvalue weighted by Crippen LogP contribution is -2.03. The zero-order chi connectivity index (χ0) is 15.4. The molecule has 4 rings (SSSR count). The zero-order valence-electron chi connectivity index (χ0n) is 13.5. The number of hydrogen-bond acceptors (Lipinski definition) is 3. The first kappa shape index (κ1) is 13.5. The molecule has 3 heterocycles. The lowest BCUT2D eigenvalue weighted by molar-refractivity contribution is 0.769. The number of pyridine rings is 1. The largest absolute Gasteiger partial charge is 0.331 e. The van der Waals surface area contributed by atoms with Gasteiger partial charge in [-0.3, -0.25) is 4.68 Å². The summed E-state index contributed by atoms with van der Waals surface area (Å²) in [7, 11) is 4.05. The molecule has 3 aromatic heterocycles. The van der Waals surface area contributed by atoms with E-state index in [1.165, 1.54) is 18.5 Å². The highest BCUT2D eigenvalue weighted by atomic mass is 15.3. The summed E-state index contributed by atoms with van der Waals surface area (Å²) in [5.74, 6) is 2.05. The molecule has 1 aliphatic rings. The number of imidazole rings is 1. The van der Waals surface area contributed by atoms with Gasteiger partial charge in [-0.15, -0.1) is 0 Å². The first-order valence-electron chi connectivity index (χ1n) is 7.91. The molecule has 0 saturated heterocycles. The molecule has 0 aliphatic heterocycles. The molecule has 5 heteroatoms. The molecule has 0 aromatic carbocycles. The van der Waals surface area contributed by atoms with E-state index in [2.05, 4.69) is 36.6 Å². The molecule has 114 valence electrons. The van der Waals surface area contributed by atoms with Crippen molar-refractivity contribution in [2.24, 2.45) is 14.1 Å². The Morgan fingerprint density at radius 3 is 2.68 bits per heavy atom. The first-order chi connectivity index (χ1) is 10.5. The van der Waals surface area contributed by atoms with Crippen molar-refractivity contribution in [2.75, 3.05) is 0 Å². The second-order valence-corrected chi connectivity index (χ2v) is 6.63. The zero-order valence-corrected chi connectivity index (χ0v) is 13.5. The van der Waals surface area contributed by atoms with E-state index in [0.29, 0.717) is 11.8 Å². The minimum atomic E-state index is 0.336. The number of aryl methyl sites for hydroxylation is 1. The summed E-state index contributed by atoms with van der Waals surface area (Å²) in [4.78, 5) is 9.50. The molecule has 0 amide bonds. The SMILES string of the molecule is CC(C)c1nc2nn(C)cc2cc1-c1ncc(C2CC2)n1C. The topological polar surface area (TPSA) is 48.5 Å². The van der Waals surface area contributed by atoms with E-state index in [1.807, 2.05) is 24.1 Å². The van der Waals surface area contributed by atoms with E-state index < -0.39 is 0 Å². The molecule has 22 heavy (non-hydrogen) atoms. The average Bonchev–Trinajstić information content (AvgIpc) is 3.13. The molecule has 3 aromatic rings. The van der Waals surface area contributed by atoms with Gasteiger partial charge < -0.3 is 4.57 Å². The first-order valence-corrected chi connectivity index (χ1v) is 7.91. The fourth-order valence-corrected chi connectivity index (χ4v) is 3.14. The van der Waals surface area contributed by atoms with Crippen molar-refractivity contribution < 1.29 is 0 Å². The molecule has 1 saturated carbocycles. The fourth-order valence-electron chi connectivity index (χ4n) is 3.14. The van der Waals surface area contributed by atoms with Crippen LogP contribution in [0.2, 0.25) is 0 Å². The lowest BCUT2D eigenvalue weighted by Gasteiger charge is -2.12. The number of fused-ring (bicyclic) bond motifs is 1. The molecule has 0 bridgehead atoms. The van der Waals surface area contributed by atoms with Crippen LogP contribution in [0.5, 0.6) is 0 Å². The van der Waals surface area contributed by atoms with Crippen molar-refractivity contribution in [2.45, 2.75) is 38.5 Å². The average molecular weight is 295 g/mol. The number of rotatable bonds is 3. The molecule has 0 atom stereocenters. The van der Waals surface area contributed by atoms with Crippen molar-refractivity contribution in [3.8, 4) is 11.4 Å². The third kappa shape index (κ3) is 2.03. The molecule has 5 nitrogen and oxygen atoms in total. The lowest BCUT2D eigenvalue weighted by atomic mass is 10.0. The van der Waals surface area contributed by atoms with Crippen LogP contribution in [-0.2, 0) is 14.1 Å². The standard InChI is InChI=1S/C17H21N5/c1-10(2)15-13(7-12-9-21(3)20-16(12)19-15)17-18-8-14(22(17)4)11-5-6-11/h7-11H,5-6H2,1-4H3. The summed E-state index contributed by atoms with van der Waals surface area (Å²) in [6.07, 6.45) is 6.62. The van der Waals surface area contributed by atoms with Crippen molar-refractivity contribution in [3.05, 3.63) is 29.8 Å². The summed E-state index contributed by atoms with van der Waals surface area (Å²) >= 11 is 0. The van der Waals surface area contributed by atoms with Gasteiger partial charge in [-0.1, -0.05) is 13.8 Å². The number of aromatic nitrogens is 5. The van der Waals surface area contributed by atoms with Gasteiger partial charge in [0.15, 0.2) is 5.65 Å². The van der Waals surface area contributed by atoms with Crippen molar-refractivity contribution in [1.82, 2.24) is 24.3 Å². The molecule has 1 aliphatic carbocycles. The van der Waals surface area contributed by atoms with E-state index in [4.69, 9.17) is 9.97 Å². The quantitative estimate of drug-likeness (QED) is 0.744. The Bertz CT molecular complexity index is 851. The summed E-state index contributed by atoms with van der Waals surface area (Å²) in [5.41, 5.74) is 4.36. The monoisotopic (exact) mass is 295 g/mol.